The van der Waals surface area contributed by atoms with Gasteiger partial charge in [-0.1, -0.05) is 19.1 Å². The van der Waals surface area contributed by atoms with Crippen LogP contribution >= 0.6 is 0 Å². The smallest absolute Gasteiger partial charge is 0.460 e. The minimum absolute atomic E-state index is 0.248. The molecule has 2 rings (SSSR count). The Morgan fingerprint density at radius 3 is 1.37 bits per heavy atom. The zero-order valence-electron chi connectivity index (χ0n) is 18.7. The number of nitrogens with zero attached hydrogens (tertiary/aromatic N) is 1. The maximum atomic E-state index is 14.9. The largest absolute Gasteiger partial charge is 0.508 e. The minimum Gasteiger partial charge on any atom is -0.508 e. The first-order chi connectivity index (χ1) is 16.7. The molecule has 0 radical (unpaired) electrons. The molecule has 0 aliphatic heterocycles. The summed E-state index contributed by atoms with van der Waals surface area (Å²) in [5.41, 5.74) is -4.90. The Labute approximate surface area is 204 Å². The van der Waals surface area contributed by atoms with Gasteiger partial charge in [0, 0.05) is 0 Å². The third kappa shape index (κ3) is 4.04. The van der Waals surface area contributed by atoms with Crippen molar-refractivity contribution in [2.45, 2.75) is 79.7 Å². The molecule has 1 fully saturated rings. The summed E-state index contributed by atoms with van der Waals surface area (Å²) < 4.78 is 204. The lowest BCUT2D eigenvalue weighted by molar-refractivity contribution is -0.457. The molecule has 1 aromatic carbocycles. The van der Waals surface area contributed by atoms with Crippen molar-refractivity contribution in [1.82, 2.24) is 0 Å². The molecule has 1 aliphatic rings. The lowest BCUT2D eigenvalue weighted by Gasteiger charge is -2.49. The SMILES string of the molecule is CC1(c2ccc(O)cc2)CCC(C#N)(C(F)(F)C(F)(F)C(F)(F)C(F)(F)C(F)(F)C(F)(F)C(F)(F)F)CC1. The third-order valence-corrected chi connectivity index (χ3v) is 6.91. The zero-order chi connectivity index (χ0) is 30.0. The van der Waals surface area contributed by atoms with Crippen LogP contribution < -0.4 is 0 Å². The van der Waals surface area contributed by atoms with E-state index >= 15 is 0 Å². The third-order valence-electron chi connectivity index (χ3n) is 6.91. The molecule has 0 spiro atoms. The molecule has 1 aliphatic carbocycles. The second-order valence-corrected chi connectivity index (χ2v) is 9.25. The number of aromatic hydroxyl groups is 1. The van der Waals surface area contributed by atoms with Crippen LogP contribution in [0.5, 0.6) is 5.75 Å². The highest BCUT2D eigenvalue weighted by molar-refractivity contribution is 5.33. The summed E-state index contributed by atoms with van der Waals surface area (Å²) in [7, 11) is 0. The first kappa shape index (κ1) is 31.7. The molecular weight excluding hydrogens is 567 g/mol. The fourth-order valence-electron chi connectivity index (χ4n) is 4.14. The van der Waals surface area contributed by atoms with Gasteiger partial charge in [0.2, 0.25) is 0 Å². The van der Waals surface area contributed by atoms with Gasteiger partial charge < -0.3 is 5.11 Å². The molecule has 1 saturated carbocycles. The Morgan fingerprint density at radius 1 is 0.632 bits per heavy atom. The van der Waals surface area contributed by atoms with Crippen molar-refractivity contribution < 1.29 is 71.0 Å². The van der Waals surface area contributed by atoms with Crippen molar-refractivity contribution in [3.63, 3.8) is 0 Å². The summed E-state index contributed by atoms with van der Waals surface area (Å²) in [4.78, 5) is 0. The number of nitriles is 1. The van der Waals surface area contributed by atoms with Crippen molar-refractivity contribution in [1.29, 1.82) is 5.26 Å². The molecule has 0 amide bonds. The van der Waals surface area contributed by atoms with Crippen molar-refractivity contribution in [3.05, 3.63) is 29.8 Å². The Kier molecular flexibility index (Phi) is 7.28. The van der Waals surface area contributed by atoms with E-state index in [1.165, 1.54) is 19.1 Å². The van der Waals surface area contributed by atoms with Gasteiger partial charge in [-0.15, -0.1) is 0 Å². The number of phenols is 1. The van der Waals surface area contributed by atoms with Crippen LogP contribution in [0.1, 0.15) is 38.2 Å². The Balaban J connectivity index is 2.54. The number of hydrogen-bond donors (Lipinski definition) is 1. The van der Waals surface area contributed by atoms with Crippen LogP contribution in [0.2, 0.25) is 0 Å². The van der Waals surface area contributed by atoms with E-state index in [0.29, 0.717) is 6.07 Å². The van der Waals surface area contributed by atoms with E-state index in [0.717, 1.165) is 12.1 Å². The summed E-state index contributed by atoms with van der Waals surface area (Å²) in [6, 6.07) is 5.41. The Bertz CT molecular complexity index is 1060. The van der Waals surface area contributed by atoms with E-state index < -0.39 is 78.2 Å². The number of hydrogen-bond acceptors (Lipinski definition) is 2. The number of alkyl halides is 15. The molecule has 1 N–H and O–H groups in total. The van der Waals surface area contributed by atoms with Gasteiger partial charge in [0.15, 0.2) is 0 Å². The van der Waals surface area contributed by atoms with E-state index in [-0.39, 0.29) is 11.3 Å². The van der Waals surface area contributed by atoms with Crippen molar-refractivity contribution in [2.75, 3.05) is 0 Å². The average Bonchev–Trinajstić information content (AvgIpc) is 2.78. The highest BCUT2D eigenvalue weighted by atomic mass is 19.4. The highest BCUT2D eigenvalue weighted by Crippen LogP contribution is 2.66. The average molecular weight is 583 g/mol. The molecule has 38 heavy (non-hydrogen) atoms. The first-order valence-corrected chi connectivity index (χ1v) is 10.3. The first-order valence-electron chi connectivity index (χ1n) is 10.3. The standard InChI is InChI=1S/C21H16F15NO/c1-13(11-2-4-12(38)5-3-11)6-8-14(10-37,9-7-13)15(22,23)16(24,25)17(26,27)18(28,29)19(30,31)20(32,33)21(34,35)36/h2-5,38H,6-9H2,1H3. The lowest BCUT2D eigenvalue weighted by atomic mass is 9.59. The van der Waals surface area contributed by atoms with Crippen LogP contribution in [0.25, 0.3) is 0 Å². The van der Waals surface area contributed by atoms with Crippen LogP contribution in [-0.4, -0.2) is 46.8 Å². The summed E-state index contributed by atoms with van der Waals surface area (Å²) in [5.74, 6) is -47.6. The van der Waals surface area contributed by atoms with Gasteiger partial charge in [-0.05, 0) is 48.8 Å². The second kappa shape index (κ2) is 8.73. The summed E-state index contributed by atoms with van der Waals surface area (Å²) >= 11 is 0. The number of phenolic OH excluding ortho intramolecular Hbond substituents is 1. The number of halogens is 15. The minimum atomic E-state index is -8.39. The van der Waals surface area contributed by atoms with E-state index in [9.17, 15) is 76.2 Å². The quantitative estimate of drug-likeness (QED) is 0.330. The molecule has 1 aromatic rings. The Hall–Kier alpha value is -2.54. The van der Waals surface area contributed by atoms with E-state index in [4.69, 9.17) is 0 Å². The van der Waals surface area contributed by atoms with Crippen molar-refractivity contribution >= 4 is 0 Å². The number of benzene rings is 1. The maximum absolute atomic E-state index is 14.9. The normalized spacial score (nSPS) is 24.7. The van der Waals surface area contributed by atoms with E-state index in [1.807, 2.05) is 0 Å². The molecule has 0 aromatic heterocycles. The topological polar surface area (TPSA) is 44.0 Å². The van der Waals surface area contributed by atoms with Gasteiger partial charge in [-0.2, -0.15) is 71.1 Å². The summed E-state index contributed by atoms with van der Waals surface area (Å²) in [5, 5.41) is 18.6. The Morgan fingerprint density at radius 2 is 1.00 bits per heavy atom. The molecular formula is C21H16F15NO. The summed E-state index contributed by atoms with van der Waals surface area (Å²) in [6.45, 7) is 1.35. The molecule has 0 bridgehead atoms. The van der Waals surface area contributed by atoms with Crippen LogP contribution in [0.3, 0.4) is 0 Å². The highest BCUT2D eigenvalue weighted by Gasteiger charge is 2.94. The van der Waals surface area contributed by atoms with Crippen molar-refractivity contribution in [2.24, 2.45) is 5.41 Å². The van der Waals surface area contributed by atoms with Gasteiger partial charge in [-0.25, -0.2) is 0 Å². The zero-order valence-corrected chi connectivity index (χ0v) is 18.7. The summed E-state index contributed by atoms with van der Waals surface area (Å²) in [6.07, 6.45) is -11.9. The van der Waals surface area contributed by atoms with Crippen LogP contribution in [0, 0.1) is 16.7 Å². The number of rotatable bonds is 7. The van der Waals surface area contributed by atoms with Gasteiger partial charge in [-0.3, -0.25) is 0 Å². The predicted octanol–water partition coefficient (Wildman–Crippen LogP) is 8.11. The molecule has 0 atom stereocenters. The molecule has 0 saturated heterocycles. The molecule has 216 valence electrons. The molecule has 0 unspecified atom stereocenters. The molecule has 17 heteroatoms. The van der Waals surface area contributed by atoms with Gasteiger partial charge in [0.05, 0.1) is 6.07 Å². The molecule has 0 heterocycles. The van der Waals surface area contributed by atoms with Gasteiger partial charge >= 0.3 is 41.7 Å². The second-order valence-electron chi connectivity index (χ2n) is 9.25. The van der Waals surface area contributed by atoms with Gasteiger partial charge in [0.25, 0.3) is 0 Å². The van der Waals surface area contributed by atoms with Crippen LogP contribution in [0.4, 0.5) is 65.9 Å². The van der Waals surface area contributed by atoms with E-state index in [1.54, 1.807) is 0 Å². The van der Waals surface area contributed by atoms with Gasteiger partial charge in [0.1, 0.15) is 11.2 Å². The maximum Gasteiger partial charge on any atom is 0.460 e. The molecule has 2 nitrogen and oxygen atoms in total. The fourth-order valence-corrected chi connectivity index (χ4v) is 4.14. The predicted molar refractivity (Wildman–Crippen MR) is 97.7 cm³/mol. The monoisotopic (exact) mass is 583 g/mol. The van der Waals surface area contributed by atoms with Crippen LogP contribution in [0.15, 0.2) is 24.3 Å². The fraction of sp³-hybridized carbons (Fsp3) is 0.667. The van der Waals surface area contributed by atoms with E-state index in [2.05, 4.69) is 0 Å². The van der Waals surface area contributed by atoms with Crippen molar-refractivity contribution in [3.8, 4) is 11.8 Å². The lowest BCUT2D eigenvalue weighted by Crippen LogP contribution is -2.74. The van der Waals surface area contributed by atoms with Crippen LogP contribution in [-0.2, 0) is 5.41 Å².